The van der Waals surface area contributed by atoms with E-state index < -0.39 is 6.10 Å². The summed E-state index contributed by atoms with van der Waals surface area (Å²) in [6, 6.07) is 5.46. The molecule has 1 atom stereocenters. The lowest BCUT2D eigenvalue weighted by Crippen LogP contribution is -2.53. The number of carbonyl (C=O) groups is 2. The van der Waals surface area contributed by atoms with Crippen LogP contribution in [-0.2, 0) is 14.4 Å². The first-order chi connectivity index (χ1) is 13.6. The quantitative estimate of drug-likeness (QED) is 0.756. The molecule has 1 aromatic rings. The molecule has 0 saturated carbocycles. The van der Waals surface area contributed by atoms with Crippen LogP contribution in [0.25, 0.3) is 0 Å². The number of methoxy groups -OCH3 is 2. The largest absolute Gasteiger partial charge is 0.493 e. The van der Waals surface area contributed by atoms with E-state index in [0.29, 0.717) is 56.4 Å². The van der Waals surface area contributed by atoms with Crippen LogP contribution in [-0.4, -0.2) is 80.6 Å². The maximum atomic E-state index is 12.8. The summed E-state index contributed by atoms with van der Waals surface area (Å²) >= 11 is 0. The van der Waals surface area contributed by atoms with E-state index in [4.69, 9.17) is 19.0 Å². The Labute approximate surface area is 163 Å². The molecule has 1 aromatic carbocycles. The first-order valence-electron chi connectivity index (χ1n) is 9.23. The monoisotopic (exact) mass is 391 g/mol. The molecular weight excluding hydrogens is 366 g/mol. The number of benzene rings is 1. The van der Waals surface area contributed by atoms with E-state index in [-0.39, 0.29) is 12.0 Å². The minimum Gasteiger partial charge on any atom is -0.493 e. The molecule has 1 saturated heterocycles. The highest BCUT2D eigenvalue weighted by atomic mass is 16.6. The van der Waals surface area contributed by atoms with Gasteiger partial charge >= 0.3 is 6.09 Å². The second-order valence-corrected chi connectivity index (χ2v) is 6.42. The first kappa shape index (κ1) is 19.8. The highest BCUT2D eigenvalue weighted by Gasteiger charge is 2.34. The number of nitrogens with zero attached hydrogens (tertiary/aromatic N) is 3. The van der Waals surface area contributed by atoms with Gasteiger partial charge in [0.25, 0.3) is 5.91 Å². The van der Waals surface area contributed by atoms with Gasteiger partial charge in [0.05, 0.1) is 26.5 Å². The van der Waals surface area contributed by atoms with Crippen molar-refractivity contribution >= 4 is 17.7 Å². The number of carbonyl (C=O) groups excluding carboxylic acids is 2. The lowest BCUT2D eigenvalue weighted by Gasteiger charge is -2.34. The number of oxime groups is 1. The van der Waals surface area contributed by atoms with Crippen LogP contribution in [0, 0.1) is 0 Å². The van der Waals surface area contributed by atoms with Crippen molar-refractivity contribution in [2.45, 2.75) is 19.4 Å². The van der Waals surface area contributed by atoms with Crippen LogP contribution in [0.4, 0.5) is 4.79 Å². The van der Waals surface area contributed by atoms with Crippen molar-refractivity contribution in [2.24, 2.45) is 5.16 Å². The topological polar surface area (TPSA) is 89.9 Å². The maximum Gasteiger partial charge on any atom is 0.409 e. The second-order valence-electron chi connectivity index (χ2n) is 6.42. The molecule has 2 amide bonds. The van der Waals surface area contributed by atoms with Gasteiger partial charge < -0.3 is 28.8 Å². The number of piperazine rings is 1. The summed E-state index contributed by atoms with van der Waals surface area (Å²) in [5.74, 6) is 1.09. The molecule has 3 rings (SSSR count). The molecule has 0 aliphatic carbocycles. The van der Waals surface area contributed by atoms with Gasteiger partial charge in [-0.05, 0) is 25.1 Å². The van der Waals surface area contributed by atoms with Gasteiger partial charge in [-0.25, -0.2) is 4.79 Å². The Morgan fingerprint density at radius 2 is 1.79 bits per heavy atom. The van der Waals surface area contributed by atoms with Crippen LogP contribution < -0.4 is 9.47 Å². The van der Waals surface area contributed by atoms with Crippen molar-refractivity contribution in [1.29, 1.82) is 0 Å². The molecule has 152 valence electrons. The van der Waals surface area contributed by atoms with Crippen LogP contribution in [0.3, 0.4) is 0 Å². The van der Waals surface area contributed by atoms with Crippen LogP contribution >= 0.6 is 0 Å². The minimum absolute atomic E-state index is 0.122. The average molecular weight is 391 g/mol. The van der Waals surface area contributed by atoms with E-state index in [0.717, 1.165) is 5.56 Å². The predicted molar refractivity (Wildman–Crippen MR) is 101 cm³/mol. The maximum absolute atomic E-state index is 12.8. The van der Waals surface area contributed by atoms with Crippen molar-refractivity contribution in [3.8, 4) is 11.5 Å². The Morgan fingerprint density at radius 3 is 2.43 bits per heavy atom. The Balaban J connectivity index is 1.56. The number of hydrogen-bond donors (Lipinski definition) is 0. The molecular formula is C19H25N3O6. The summed E-state index contributed by atoms with van der Waals surface area (Å²) in [5.41, 5.74) is 1.50. The Hall–Kier alpha value is -2.97. The second kappa shape index (κ2) is 8.81. The molecule has 0 aromatic heterocycles. The number of rotatable bonds is 5. The molecule has 2 aliphatic heterocycles. The third-order valence-electron chi connectivity index (χ3n) is 4.78. The van der Waals surface area contributed by atoms with Crippen molar-refractivity contribution in [2.75, 3.05) is 47.0 Å². The van der Waals surface area contributed by atoms with Gasteiger partial charge in [0.15, 0.2) is 11.5 Å². The molecule has 9 heteroatoms. The van der Waals surface area contributed by atoms with E-state index in [1.807, 2.05) is 12.1 Å². The van der Waals surface area contributed by atoms with E-state index in [2.05, 4.69) is 5.16 Å². The first-order valence-corrected chi connectivity index (χ1v) is 9.23. The van der Waals surface area contributed by atoms with Crippen molar-refractivity contribution in [1.82, 2.24) is 9.80 Å². The lowest BCUT2D eigenvalue weighted by molar-refractivity contribution is -0.143. The van der Waals surface area contributed by atoms with Crippen LogP contribution in [0.15, 0.2) is 23.4 Å². The fourth-order valence-corrected chi connectivity index (χ4v) is 3.22. The summed E-state index contributed by atoms with van der Waals surface area (Å²) in [6.07, 6.45) is -0.616. The van der Waals surface area contributed by atoms with Gasteiger partial charge in [0.1, 0.15) is 0 Å². The van der Waals surface area contributed by atoms with Gasteiger partial charge in [-0.15, -0.1) is 0 Å². The Bertz CT molecular complexity index is 758. The molecule has 2 aliphatic rings. The average Bonchev–Trinajstić information content (AvgIpc) is 3.23. The van der Waals surface area contributed by atoms with Crippen LogP contribution in [0.5, 0.6) is 11.5 Å². The summed E-state index contributed by atoms with van der Waals surface area (Å²) in [6.45, 7) is 3.89. The van der Waals surface area contributed by atoms with Gasteiger partial charge in [-0.1, -0.05) is 5.16 Å². The molecule has 0 radical (unpaired) electrons. The normalized spacial score (nSPS) is 19.0. The number of amides is 2. The third-order valence-corrected chi connectivity index (χ3v) is 4.78. The SMILES string of the molecule is CCOC(=O)N1CCN(C(=O)[C@@H]2CC(c3ccc(OC)c(OC)c3)=NO2)CC1. The smallest absolute Gasteiger partial charge is 0.409 e. The van der Waals surface area contributed by atoms with Crippen molar-refractivity contribution in [3.05, 3.63) is 23.8 Å². The fraction of sp³-hybridized carbons (Fsp3) is 0.526. The van der Waals surface area contributed by atoms with Gasteiger partial charge in [-0.3, -0.25) is 4.79 Å². The van der Waals surface area contributed by atoms with Crippen LogP contribution in [0.2, 0.25) is 0 Å². The van der Waals surface area contributed by atoms with Crippen molar-refractivity contribution < 1.29 is 28.6 Å². The summed E-state index contributed by atoms with van der Waals surface area (Å²) in [5, 5.41) is 4.09. The summed E-state index contributed by atoms with van der Waals surface area (Å²) < 4.78 is 15.6. The number of ether oxygens (including phenoxy) is 3. The van der Waals surface area contributed by atoms with E-state index in [9.17, 15) is 9.59 Å². The van der Waals surface area contributed by atoms with Crippen molar-refractivity contribution in [3.63, 3.8) is 0 Å². The molecule has 0 N–H and O–H groups in total. The molecule has 0 unspecified atom stereocenters. The highest BCUT2D eigenvalue weighted by Crippen LogP contribution is 2.29. The Kier molecular flexibility index (Phi) is 6.23. The molecule has 2 heterocycles. The molecule has 0 spiro atoms. The highest BCUT2D eigenvalue weighted by molar-refractivity contribution is 6.04. The minimum atomic E-state index is -0.655. The Morgan fingerprint density at radius 1 is 1.11 bits per heavy atom. The summed E-state index contributed by atoms with van der Waals surface area (Å²) in [4.78, 5) is 33.2. The third kappa shape index (κ3) is 4.13. The van der Waals surface area contributed by atoms with Gasteiger partial charge in [0.2, 0.25) is 6.10 Å². The zero-order valence-corrected chi connectivity index (χ0v) is 16.3. The van der Waals surface area contributed by atoms with Gasteiger partial charge in [0, 0.05) is 38.2 Å². The fourth-order valence-electron chi connectivity index (χ4n) is 3.22. The molecule has 1 fully saturated rings. The standard InChI is InChI=1S/C19H25N3O6/c1-4-27-19(24)22-9-7-21(8-10-22)18(23)17-12-14(20-28-17)13-5-6-15(25-2)16(11-13)26-3/h5-6,11,17H,4,7-10,12H2,1-3H3/t17-/m0/s1. The summed E-state index contributed by atoms with van der Waals surface area (Å²) in [7, 11) is 3.14. The zero-order valence-electron chi connectivity index (χ0n) is 16.3. The lowest BCUT2D eigenvalue weighted by atomic mass is 10.0. The predicted octanol–water partition coefficient (Wildman–Crippen LogP) is 1.50. The molecule has 0 bridgehead atoms. The van der Waals surface area contributed by atoms with Crippen LogP contribution in [0.1, 0.15) is 18.9 Å². The molecule has 9 nitrogen and oxygen atoms in total. The molecule has 28 heavy (non-hydrogen) atoms. The van der Waals surface area contributed by atoms with E-state index in [1.165, 1.54) is 0 Å². The van der Waals surface area contributed by atoms with E-state index in [1.54, 1.807) is 37.0 Å². The van der Waals surface area contributed by atoms with E-state index >= 15 is 0 Å². The van der Waals surface area contributed by atoms with Gasteiger partial charge in [-0.2, -0.15) is 0 Å². The number of hydrogen-bond acceptors (Lipinski definition) is 7. The zero-order chi connectivity index (χ0) is 20.1.